The van der Waals surface area contributed by atoms with Gasteiger partial charge in [0.15, 0.2) is 0 Å². The molecule has 0 saturated carbocycles. The molecule has 2 rings (SSSR count). The number of rotatable bonds is 7. The average Bonchev–Trinajstić information content (AvgIpc) is 2.55. The van der Waals surface area contributed by atoms with E-state index >= 15 is 0 Å². The lowest BCUT2D eigenvalue weighted by Crippen LogP contribution is -2.45. The van der Waals surface area contributed by atoms with E-state index in [-0.39, 0.29) is 43.0 Å². The Kier molecular flexibility index (Phi) is 12.3. The Morgan fingerprint density at radius 1 is 1.19 bits per heavy atom. The normalized spacial score (nSPS) is 14.1. The molecule has 1 aliphatic rings. The van der Waals surface area contributed by atoms with Gasteiger partial charge in [-0.25, -0.2) is 0 Å². The van der Waals surface area contributed by atoms with Gasteiger partial charge in [-0.1, -0.05) is 12.1 Å². The maximum atomic E-state index is 12.0. The zero-order chi connectivity index (χ0) is 17.4. The second kappa shape index (κ2) is 12.9. The fourth-order valence-corrected chi connectivity index (χ4v) is 2.92. The van der Waals surface area contributed by atoms with E-state index in [1.54, 1.807) is 0 Å². The van der Waals surface area contributed by atoms with Gasteiger partial charge in [0, 0.05) is 24.7 Å². The molecule has 0 radical (unpaired) electrons. The smallest absolute Gasteiger partial charge is 0.234 e. The number of piperidine rings is 1. The number of hydrogen-bond acceptors (Lipinski definition) is 4. The molecule has 0 bridgehead atoms. The minimum absolute atomic E-state index is 0. The number of likely N-dealkylation sites (N-methyl/N-ethyl adjacent to an activating group) is 1. The number of nitrogens with zero attached hydrogens (tertiary/aromatic N) is 1. The minimum Gasteiger partial charge on any atom is -0.354 e. The largest absolute Gasteiger partial charge is 0.354 e. The summed E-state index contributed by atoms with van der Waals surface area (Å²) in [6.07, 6.45) is 2.42. The summed E-state index contributed by atoms with van der Waals surface area (Å²) in [6, 6.07) is 8.13. The van der Waals surface area contributed by atoms with Gasteiger partial charge < -0.3 is 16.0 Å². The van der Waals surface area contributed by atoms with Crippen LogP contribution in [0.5, 0.6) is 0 Å². The number of anilines is 1. The van der Waals surface area contributed by atoms with E-state index in [0.717, 1.165) is 37.2 Å². The Labute approximate surface area is 168 Å². The molecule has 0 aromatic heterocycles. The molecular formula is C18H30Cl2N4O2. The Bertz CT molecular complexity index is 566. The number of aryl methyl sites for hydroxylation is 1. The molecule has 148 valence electrons. The first kappa shape index (κ1) is 24.7. The lowest BCUT2D eigenvalue weighted by Gasteiger charge is -2.31. The van der Waals surface area contributed by atoms with Crippen molar-refractivity contribution in [2.75, 3.05) is 38.5 Å². The van der Waals surface area contributed by atoms with Crippen molar-refractivity contribution in [3.8, 4) is 0 Å². The van der Waals surface area contributed by atoms with E-state index in [1.165, 1.54) is 0 Å². The second-order valence-electron chi connectivity index (χ2n) is 6.41. The SMILES string of the molecule is Cc1cccc(NC(=O)CCNC(=O)CN(C)C2CCNCC2)c1.Cl.Cl. The zero-order valence-corrected chi connectivity index (χ0v) is 17.0. The Balaban J connectivity index is 0.00000312. The molecule has 8 heteroatoms. The van der Waals surface area contributed by atoms with Crippen LogP contribution in [0.25, 0.3) is 0 Å². The molecule has 1 heterocycles. The van der Waals surface area contributed by atoms with E-state index in [9.17, 15) is 9.59 Å². The van der Waals surface area contributed by atoms with Crippen molar-refractivity contribution in [1.29, 1.82) is 0 Å². The third-order valence-corrected chi connectivity index (χ3v) is 4.30. The average molecular weight is 405 g/mol. The minimum atomic E-state index is -0.0902. The summed E-state index contributed by atoms with van der Waals surface area (Å²) in [5.74, 6) is -0.119. The maximum absolute atomic E-state index is 12.0. The first-order chi connectivity index (χ1) is 11.5. The molecule has 1 fully saturated rings. The van der Waals surface area contributed by atoms with Crippen LogP contribution in [0.2, 0.25) is 0 Å². The van der Waals surface area contributed by atoms with Crippen LogP contribution < -0.4 is 16.0 Å². The Hall–Kier alpha value is -1.34. The number of hydrogen-bond donors (Lipinski definition) is 3. The number of amides is 2. The van der Waals surface area contributed by atoms with Crippen molar-refractivity contribution in [3.05, 3.63) is 29.8 Å². The topological polar surface area (TPSA) is 73.5 Å². The lowest BCUT2D eigenvalue weighted by molar-refractivity contribution is -0.122. The van der Waals surface area contributed by atoms with Gasteiger partial charge >= 0.3 is 0 Å². The van der Waals surface area contributed by atoms with Crippen molar-refractivity contribution >= 4 is 42.3 Å². The summed E-state index contributed by atoms with van der Waals surface area (Å²) < 4.78 is 0. The van der Waals surface area contributed by atoms with Gasteiger partial charge in [-0.2, -0.15) is 0 Å². The van der Waals surface area contributed by atoms with Gasteiger partial charge in [0.05, 0.1) is 6.54 Å². The van der Waals surface area contributed by atoms with E-state index in [2.05, 4.69) is 20.9 Å². The van der Waals surface area contributed by atoms with Crippen LogP contribution in [0.4, 0.5) is 5.69 Å². The number of carbonyl (C=O) groups is 2. The first-order valence-electron chi connectivity index (χ1n) is 8.59. The molecule has 1 saturated heterocycles. The molecule has 3 N–H and O–H groups in total. The highest BCUT2D eigenvalue weighted by atomic mass is 35.5. The number of halogens is 2. The van der Waals surface area contributed by atoms with Crippen molar-refractivity contribution in [2.45, 2.75) is 32.2 Å². The van der Waals surface area contributed by atoms with E-state index in [0.29, 0.717) is 19.1 Å². The van der Waals surface area contributed by atoms with Crippen LogP contribution in [0.15, 0.2) is 24.3 Å². The number of nitrogens with one attached hydrogen (secondary N) is 3. The van der Waals surface area contributed by atoms with Crippen molar-refractivity contribution < 1.29 is 9.59 Å². The van der Waals surface area contributed by atoms with Crippen molar-refractivity contribution in [2.24, 2.45) is 0 Å². The molecule has 6 nitrogen and oxygen atoms in total. The fourth-order valence-electron chi connectivity index (χ4n) is 2.92. The first-order valence-corrected chi connectivity index (χ1v) is 8.59. The van der Waals surface area contributed by atoms with Gasteiger partial charge in [0.25, 0.3) is 0 Å². The monoisotopic (exact) mass is 404 g/mol. The van der Waals surface area contributed by atoms with Crippen LogP contribution in [0, 0.1) is 6.92 Å². The lowest BCUT2D eigenvalue weighted by atomic mass is 10.1. The molecule has 1 aromatic rings. The highest BCUT2D eigenvalue weighted by Crippen LogP contribution is 2.10. The molecule has 1 aromatic carbocycles. The van der Waals surface area contributed by atoms with Crippen molar-refractivity contribution in [1.82, 2.24) is 15.5 Å². The van der Waals surface area contributed by atoms with Crippen LogP contribution in [0.1, 0.15) is 24.8 Å². The molecule has 2 amide bonds. The summed E-state index contributed by atoms with van der Waals surface area (Å²) in [7, 11) is 1.99. The Morgan fingerprint density at radius 3 is 2.54 bits per heavy atom. The molecule has 0 atom stereocenters. The predicted octanol–water partition coefficient (Wildman–Crippen LogP) is 1.97. The molecule has 26 heavy (non-hydrogen) atoms. The second-order valence-corrected chi connectivity index (χ2v) is 6.41. The van der Waals surface area contributed by atoms with Crippen LogP contribution in [-0.4, -0.2) is 56.0 Å². The molecular weight excluding hydrogens is 375 g/mol. The highest BCUT2D eigenvalue weighted by Gasteiger charge is 2.19. The van der Waals surface area contributed by atoms with Gasteiger partial charge in [-0.15, -0.1) is 24.8 Å². The fraction of sp³-hybridized carbons (Fsp3) is 0.556. The van der Waals surface area contributed by atoms with Gasteiger partial charge in [-0.3, -0.25) is 14.5 Å². The summed E-state index contributed by atoms with van der Waals surface area (Å²) in [5, 5.41) is 8.99. The van der Waals surface area contributed by atoms with E-state index in [1.807, 2.05) is 38.2 Å². The molecule has 0 aliphatic carbocycles. The number of benzene rings is 1. The van der Waals surface area contributed by atoms with Crippen molar-refractivity contribution in [3.63, 3.8) is 0 Å². The summed E-state index contributed by atoms with van der Waals surface area (Å²) >= 11 is 0. The third-order valence-electron chi connectivity index (χ3n) is 4.30. The molecule has 0 spiro atoms. The Morgan fingerprint density at radius 2 is 1.88 bits per heavy atom. The summed E-state index contributed by atoms with van der Waals surface area (Å²) in [4.78, 5) is 26.0. The maximum Gasteiger partial charge on any atom is 0.234 e. The summed E-state index contributed by atoms with van der Waals surface area (Å²) in [5.41, 5.74) is 1.89. The molecule has 1 aliphatic heterocycles. The third kappa shape index (κ3) is 8.85. The van der Waals surface area contributed by atoms with E-state index < -0.39 is 0 Å². The number of carbonyl (C=O) groups excluding carboxylic acids is 2. The summed E-state index contributed by atoms with van der Waals surface area (Å²) in [6.45, 7) is 4.74. The zero-order valence-electron chi connectivity index (χ0n) is 15.4. The van der Waals surface area contributed by atoms with E-state index in [4.69, 9.17) is 0 Å². The van der Waals surface area contributed by atoms with Crippen LogP contribution in [-0.2, 0) is 9.59 Å². The quantitative estimate of drug-likeness (QED) is 0.649. The molecule has 0 unspecified atom stereocenters. The highest BCUT2D eigenvalue weighted by molar-refractivity contribution is 5.91. The van der Waals surface area contributed by atoms with Gasteiger partial charge in [-0.05, 0) is 57.6 Å². The van der Waals surface area contributed by atoms with Gasteiger partial charge in [0.2, 0.25) is 11.8 Å². The predicted molar refractivity (Wildman–Crippen MR) is 110 cm³/mol. The van der Waals surface area contributed by atoms with Gasteiger partial charge in [0.1, 0.15) is 0 Å². The van der Waals surface area contributed by atoms with Crippen LogP contribution >= 0.6 is 24.8 Å². The van der Waals surface area contributed by atoms with Crippen LogP contribution in [0.3, 0.4) is 0 Å². The standard InChI is InChI=1S/C18H28N4O2.2ClH/c1-14-4-3-5-15(12-14)21-17(23)8-11-20-18(24)13-22(2)16-6-9-19-10-7-16;;/h3-5,12,16,19H,6-11,13H2,1-2H3,(H,20,24)(H,21,23);2*1H.